The van der Waals surface area contributed by atoms with Crippen LogP contribution in [0.4, 0.5) is 4.39 Å². The Morgan fingerprint density at radius 1 is 1.25 bits per heavy atom. The van der Waals surface area contributed by atoms with Gasteiger partial charge in [0.2, 0.25) is 0 Å². The number of ketones is 1. The van der Waals surface area contributed by atoms with Gasteiger partial charge in [-0.15, -0.1) is 11.3 Å². The Bertz CT molecular complexity index is 582. The number of rotatable bonds is 6. The second-order valence-corrected chi connectivity index (χ2v) is 6.42. The predicted octanol–water partition coefficient (Wildman–Crippen LogP) is 4.25. The average Bonchev–Trinajstić information content (AvgIpc) is 2.82. The van der Waals surface area contributed by atoms with Crippen molar-refractivity contribution in [3.8, 4) is 0 Å². The fourth-order valence-electron chi connectivity index (χ4n) is 1.85. The third kappa shape index (κ3) is 4.40. The van der Waals surface area contributed by atoms with Gasteiger partial charge in [0.1, 0.15) is 5.82 Å². The maximum Gasteiger partial charge on any atom is 0.164 e. The molecular formula is C15H15ClFNOS. The molecule has 106 valence electrons. The molecule has 0 saturated carbocycles. The van der Waals surface area contributed by atoms with Crippen molar-refractivity contribution >= 4 is 28.7 Å². The molecule has 0 atom stereocenters. The van der Waals surface area contributed by atoms with Crippen LogP contribution in [-0.2, 0) is 6.54 Å². The van der Waals surface area contributed by atoms with Gasteiger partial charge in [-0.1, -0.05) is 11.6 Å². The van der Waals surface area contributed by atoms with Gasteiger partial charge in [-0.2, -0.15) is 0 Å². The Morgan fingerprint density at radius 2 is 1.95 bits per heavy atom. The maximum absolute atomic E-state index is 12.8. The molecule has 1 aromatic carbocycles. The summed E-state index contributed by atoms with van der Waals surface area (Å²) in [6.07, 6.45) is 0.418. The number of hydrogen-bond acceptors (Lipinski definition) is 3. The Balaban J connectivity index is 1.82. The summed E-state index contributed by atoms with van der Waals surface area (Å²) in [5.41, 5.74) is 0.555. The third-order valence-electron chi connectivity index (χ3n) is 2.94. The molecule has 0 aliphatic heterocycles. The van der Waals surface area contributed by atoms with Gasteiger partial charge < -0.3 is 4.90 Å². The SMILES string of the molecule is CN(CCC(=O)c1ccc(F)cc1)Cc1ccc(Cl)s1. The van der Waals surface area contributed by atoms with Crippen LogP contribution in [0.2, 0.25) is 4.34 Å². The summed E-state index contributed by atoms with van der Waals surface area (Å²) < 4.78 is 13.6. The standard InChI is InChI=1S/C15H15ClFNOS/c1-18(10-13-6-7-15(16)20-13)9-8-14(19)11-2-4-12(17)5-3-11/h2-7H,8-10H2,1H3. The molecule has 1 aromatic heterocycles. The van der Waals surface area contributed by atoms with E-state index in [4.69, 9.17) is 11.6 Å². The van der Waals surface area contributed by atoms with Crippen molar-refractivity contribution in [2.24, 2.45) is 0 Å². The Kier molecular flexibility index (Phi) is 5.29. The number of carbonyl (C=O) groups is 1. The van der Waals surface area contributed by atoms with Crippen molar-refractivity contribution in [1.29, 1.82) is 0 Å². The second kappa shape index (κ2) is 6.97. The van der Waals surface area contributed by atoms with Gasteiger partial charge in [-0.3, -0.25) is 4.79 Å². The molecule has 0 aliphatic rings. The van der Waals surface area contributed by atoms with E-state index in [1.807, 2.05) is 19.2 Å². The molecule has 1 heterocycles. The number of thiophene rings is 1. The van der Waals surface area contributed by atoms with Crippen LogP contribution in [-0.4, -0.2) is 24.3 Å². The van der Waals surface area contributed by atoms with E-state index in [0.717, 1.165) is 10.9 Å². The number of Topliss-reactive ketones (excluding diaryl/α,β-unsaturated/α-hetero) is 1. The summed E-state index contributed by atoms with van der Waals surface area (Å²) in [4.78, 5) is 15.2. The fourth-order valence-corrected chi connectivity index (χ4v) is 3.02. The highest BCUT2D eigenvalue weighted by molar-refractivity contribution is 7.16. The van der Waals surface area contributed by atoms with E-state index in [-0.39, 0.29) is 11.6 Å². The van der Waals surface area contributed by atoms with Crippen LogP contribution < -0.4 is 0 Å². The molecule has 2 nitrogen and oxygen atoms in total. The van der Waals surface area contributed by atoms with E-state index < -0.39 is 0 Å². The Labute approximate surface area is 126 Å². The van der Waals surface area contributed by atoms with Crippen LogP contribution in [0.3, 0.4) is 0 Å². The van der Waals surface area contributed by atoms with Gasteiger partial charge in [0.25, 0.3) is 0 Å². The van der Waals surface area contributed by atoms with Crippen molar-refractivity contribution in [3.05, 3.63) is 57.0 Å². The minimum atomic E-state index is -0.326. The summed E-state index contributed by atoms with van der Waals surface area (Å²) >= 11 is 7.42. The van der Waals surface area contributed by atoms with Crippen molar-refractivity contribution in [2.75, 3.05) is 13.6 Å². The molecule has 0 radical (unpaired) electrons. The van der Waals surface area contributed by atoms with Gasteiger partial charge in [0.15, 0.2) is 5.78 Å². The van der Waals surface area contributed by atoms with E-state index in [1.54, 1.807) is 11.3 Å². The fraction of sp³-hybridized carbons (Fsp3) is 0.267. The van der Waals surface area contributed by atoms with Crippen molar-refractivity contribution in [2.45, 2.75) is 13.0 Å². The first kappa shape index (κ1) is 15.2. The van der Waals surface area contributed by atoms with Crippen molar-refractivity contribution in [3.63, 3.8) is 0 Å². The lowest BCUT2D eigenvalue weighted by Crippen LogP contribution is -2.21. The smallest absolute Gasteiger partial charge is 0.164 e. The van der Waals surface area contributed by atoms with Crippen LogP contribution in [0, 0.1) is 5.82 Å². The average molecular weight is 312 g/mol. The quantitative estimate of drug-likeness (QED) is 0.744. The van der Waals surface area contributed by atoms with E-state index in [0.29, 0.717) is 18.5 Å². The number of halogens is 2. The van der Waals surface area contributed by atoms with Crippen LogP contribution in [0.15, 0.2) is 36.4 Å². The molecule has 0 amide bonds. The normalized spacial score (nSPS) is 11.0. The highest BCUT2D eigenvalue weighted by Gasteiger charge is 2.09. The largest absolute Gasteiger partial charge is 0.301 e. The molecule has 0 aliphatic carbocycles. The van der Waals surface area contributed by atoms with Gasteiger partial charge in [0.05, 0.1) is 4.34 Å². The van der Waals surface area contributed by atoms with Crippen LogP contribution in [0.1, 0.15) is 21.7 Å². The zero-order chi connectivity index (χ0) is 14.5. The van der Waals surface area contributed by atoms with Crippen LogP contribution in [0.25, 0.3) is 0 Å². The van der Waals surface area contributed by atoms with Crippen LogP contribution in [0.5, 0.6) is 0 Å². The van der Waals surface area contributed by atoms with Crippen molar-refractivity contribution in [1.82, 2.24) is 4.90 Å². The molecule has 0 bridgehead atoms. The predicted molar refractivity (Wildman–Crippen MR) is 81.0 cm³/mol. The van der Waals surface area contributed by atoms with Crippen LogP contribution >= 0.6 is 22.9 Å². The molecule has 0 spiro atoms. The Hall–Kier alpha value is -1.23. The van der Waals surface area contributed by atoms with Gasteiger partial charge in [-0.25, -0.2) is 4.39 Å². The molecule has 2 rings (SSSR count). The zero-order valence-corrected chi connectivity index (χ0v) is 12.7. The van der Waals surface area contributed by atoms with E-state index in [1.165, 1.54) is 29.1 Å². The highest BCUT2D eigenvalue weighted by atomic mass is 35.5. The summed E-state index contributed by atoms with van der Waals surface area (Å²) in [6.45, 7) is 1.43. The molecule has 20 heavy (non-hydrogen) atoms. The highest BCUT2D eigenvalue weighted by Crippen LogP contribution is 2.22. The first-order valence-corrected chi connectivity index (χ1v) is 7.45. The zero-order valence-electron chi connectivity index (χ0n) is 11.1. The number of benzene rings is 1. The number of carbonyl (C=O) groups excluding carboxylic acids is 1. The first-order valence-electron chi connectivity index (χ1n) is 6.26. The minimum absolute atomic E-state index is 0.0288. The summed E-state index contributed by atoms with van der Waals surface area (Å²) in [5.74, 6) is -0.297. The molecule has 5 heteroatoms. The monoisotopic (exact) mass is 311 g/mol. The molecule has 2 aromatic rings. The Morgan fingerprint density at radius 3 is 2.55 bits per heavy atom. The summed E-state index contributed by atoms with van der Waals surface area (Å²) in [7, 11) is 1.96. The molecule has 0 fully saturated rings. The lowest BCUT2D eigenvalue weighted by atomic mass is 10.1. The first-order chi connectivity index (χ1) is 9.54. The minimum Gasteiger partial charge on any atom is -0.301 e. The number of hydrogen-bond donors (Lipinski definition) is 0. The van der Waals surface area contributed by atoms with E-state index >= 15 is 0 Å². The summed E-state index contributed by atoms with van der Waals surface area (Å²) in [5, 5.41) is 0. The lowest BCUT2D eigenvalue weighted by molar-refractivity contribution is 0.0968. The van der Waals surface area contributed by atoms with Gasteiger partial charge >= 0.3 is 0 Å². The second-order valence-electron chi connectivity index (χ2n) is 4.62. The maximum atomic E-state index is 12.8. The number of nitrogens with zero attached hydrogens (tertiary/aromatic N) is 1. The third-order valence-corrected chi connectivity index (χ3v) is 4.16. The molecule has 0 saturated heterocycles. The molecule has 0 N–H and O–H groups in total. The molecule has 0 unspecified atom stereocenters. The lowest BCUT2D eigenvalue weighted by Gasteiger charge is -2.14. The topological polar surface area (TPSA) is 20.3 Å². The van der Waals surface area contributed by atoms with Gasteiger partial charge in [0, 0.05) is 30.0 Å². The van der Waals surface area contributed by atoms with Crippen molar-refractivity contribution < 1.29 is 9.18 Å². The van der Waals surface area contributed by atoms with E-state index in [9.17, 15) is 9.18 Å². The van der Waals surface area contributed by atoms with E-state index in [2.05, 4.69) is 4.90 Å². The van der Waals surface area contributed by atoms with Gasteiger partial charge in [-0.05, 0) is 43.4 Å². The molecular weight excluding hydrogens is 297 g/mol. The summed E-state index contributed by atoms with van der Waals surface area (Å²) in [6, 6.07) is 9.53.